The minimum atomic E-state index is 0.0505. The smallest absolute Gasteiger partial charge is 0.254 e. The number of hydrogen-bond donors (Lipinski definition) is 0. The largest absolute Gasteiger partial charge is 0.490 e. The zero-order valence-corrected chi connectivity index (χ0v) is 20.3. The number of nitrogens with zero attached hydrogens (tertiary/aromatic N) is 3. The van der Waals surface area contributed by atoms with Gasteiger partial charge >= 0.3 is 0 Å². The Labute approximate surface area is 190 Å². The summed E-state index contributed by atoms with van der Waals surface area (Å²) >= 11 is 1.74. The van der Waals surface area contributed by atoms with Gasteiger partial charge in [0.2, 0.25) is 0 Å². The fourth-order valence-electron chi connectivity index (χ4n) is 3.65. The number of rotatable bonds is 7. The molecule has 1 saturated heterocycles. The highest BCUT2D eigenvalue weighted by Crippen LogP contribution is 2.29. The molecule has 1 aromatic carbocycles. The summed E-state index contributed by atoms with van der Waals surface area (Å²) in [7, 11) is 0. The quantitative estimate of drug-likeness (QED) is 0.624. The van der Waals surface area contributed by atoms with Gasteiger partial charge in [0.15, 0.2) is 11.5 Å². The van der Waals surface area contributed by atoms with E-state index in [0.717, 1.165) is 38.3 Å². The molecule has 2 heterocycles. The van der Waals surface area contributed by atoms with E-state index in [-0.39, 0.29) is 11.3 Å². The Kier molecular flexibility index (Phi) is 7.94. The first kappa shape index (κ1) is 23.5. The molecule has 1 aliphatic heterocycles. The highest BCUT2D eigenvalue weighted by atomic mass is 32.1. The Bertz CT molecular complexity index is 875. The van der Waals surface area contributed by atoms with Crippen molar-refractivity contribution in [1.82, 2.24) is 14.8 Å². The first-order chi connectivity index (χ1) is 14.8. The Hall–Kier alpha value is -2.12. The molecule has 7 heteroatoms. The van der Waals surface area contributed by atoms with Crippen molar-refractivity contribution in [2.24, 2.45) is 0 Å². The summed E-state index contributed by atoms with van der Waals surface area (Å²) in [6, 6.07) is 5.48. The molecule has 170 valence electrons. The molecule has 0 unspecified atom stereocenters. The van der Waals surface area contributed by atoms with Crippen LogP contribution in [-0.4, -0.2) is 60.1 Å². The van der Waals surface area contributed by atoms with E-state index in [0.29, 0.717) is 36.8 Å². The molecule has 0 radical (unpaired) electrons. The predicted octanol–water partition coefficient (Wildman–Crippen LogP) is 4.59. The van der Waals surface area contributed by atoms with Gasteiger partial charge in [-0.2, -0.15) is 0 Å². The minimum absolute atomic E-state index is 0.0505. The summed E-state index contributed by atoms with van der Waals surface area (Å²) in [6.45, 7) is 15.7. The van der Waals surface area contributed by atoms with Gasteiger partial charge in [0.05, 0.1) is 23.9 Å². The van der Waals surface area contributed by atoms with Crippen LogP contribution in [-0.2, 0) is 12.0 Å². The third-order valence-electron chi connectivity index (χ3n) is 5.25. The van der Waals surface area contributed by atoms with Crippen molar-refractivity contribution in [3.05, 3.63) is 39.8 Å². The van der Waals surface area contributed by atoms with Crippen molar-refractivity contribution in [3.63, 3.8) is 0 Å². The zero-order chi connectivity index (χ0) is 22.4. The van der Waals surface area contributed by atoms with Crippen molar-refractivity contribution in [2.45, 2.75) is 53.0 Å². The maximum Gasteiger partial charge on any atom is 0.254 e. The van der Waals surface area contributed by atoms with Crippen LogP contribution in [0.2, 0.25) is 0 Å². The first-order valence-corrected chi connectivity index (χ1v) is 12.1. The summed E-state index contributed by atoms with van der Waals surface area (Å²) in [5, 5.41) is 3.35. The van der Waals surface area contributed by atoms with Crippen LogP contribution in [0.25, 0.3) is 0 Å². The van der Waals surface area contributed by atoms with Crippen molar-refractivity contribution in [2.75, 3.05) is 39.4 Å². The molecule has 2 aromatic rings. The van der Waals surface area contributed by atoms with Gasteiger partial charge < -0.3 is 14.4 Å². The SMILES string of the molecule is CCOc1ccc(C(=O)N2CCCN(Cc3csc(C(C)(C)C)n3)CC2)cc1OCC. The maximum atomic E-state index is 13.2. The van der Waals surface area contributed by atoms with E-state index < -0.39 is 0 Å². The number of ether oxygens (including phenoxy) is 2. The minimum Gasteiger partial charge on any atom is -0.490 e. The average Bonchev–Trinajstić information content (AvgIpc) is 3.08. The molecule has 0 atom stereocenters. The second-order valence-electron chi connectivity index (χ2n) is 8.84. The monoisotopic (exact) mass is 445 g/mol. The van der Waals surface area contributed by atoms with Crippen molar-refractivity contribution in [1.29, 1.82) is 0 Å². The first-order valence-electron chi connectivity index (χ1n) is 11.2. The van der Waals surface area contributed by atoms with Gasteiger partial charge in [-0.15, -0.1) is 11.3 Å². The van der Waals surface area contributed by atoms with E-state index in [2.05, 4.69) is 31.1 Å². The predicted molar refractivity (Wildman–Crippen MR) is 125 cm³/mol. The van der Waals surface area contributed by atoms with E-state index in [9.17, 15) is 4.79 Å². The van der Waals surface area contributed by atoms with Crippen molar-refractivity contribution >= 4 is 17.2 Å². The van der Waals surface area contributed by atoms with E-state index >= 15 is 0 Å². The number of aromatic nitrogens is 1. The molecule has 0 spiro atoms. The lowest BCUT2D eigenvalue weighted by Gasteiger charge is -2.22. The molecule has 1 amide bonds. The number of carbonyl (C=O) groups is 1. The van der Waals surface area contributed by atoms with Crippen molar-refractivity contribution < 1.29 is 14.3 Å². The highest BCUT2D eigenvalue weighted by molar-refractivity contribution is 7.09. The van der Waals surface area contributed by atoms with Crippen LogP contribution in [0.15, 0.2) is 23.6 Å². The number of benzene rings is 1. The highest BCUT2D eigenvalue weighted by Gasteiger charge is 2.23. The zero-order valence-electron chi connectivity index (χ0n) is 19.4. The normalized spacial score (nSPS) is 15.6. The molecule has 0 bridgehead atoms. The fraction of sp³-hybridized carbons (Fsp3) is 0.583. The molecule has 0 saturated carbocycles. The Balaban J connectivity index is 1.63. The molecule has 1 aliphatic rings. The van der Waals surface area contributed by atoms with Gasteiger partial charge in [0, 0.05) is 49.1 Å². The van der Waals surface area contributed by atoms with Crippen LogP contribution < -0.4 is 9.47 Å². The lowest BCUT2D eigenvalue weighted by atomic mass is 9.98. The number of amides is 1. The van der Waals surface area contributed by atoms with Gasteiger partial charge in [-0.1, -0.05) is 20.8 Å². The molecular weight excluding hydrogens is 410 g/mol. The molecule has 1 aromatic heterocycles. The topological polar surface area (TPSA) is 54.9 Å². The lowest BCUT2D eigenvalue weighted by molar-refractivity contribution is 0.0760. The van der Waals surface area contributed by atoms with Gasteiger partial charge in [0.1, 0.15) is 0 Å². The Morgan fingerprint density at radius 2 is 1.81 bits per heavy atom. The van der Waals surface area contributed by atoms with Crippen LogP contribution in [0.4, 0.5) is 0 Å². The van der Waals surface area contributed by atoms with E-state index in [4.69, 9.17) is 14.5 Å². The molecule has 0 aliphatic carbocycles. The molecule has 31 heavy (non-hydrogen) atoms. The Morgan fingerprint density at radius 3 is 2.48 bits per heavy atom. The third kappa shape index (κ3) is 6.20. The van der Waals surface area contributed by atoms with Crippen LogP contribution in [0.5, 0.6) is 11.5 Å². The summed E-state index contributed by atoms with van der Waals surface area (Å²) in [6.07, 6.45) is 0.956. The third-order valence-corrected chi connectivity index (χ3v) is 6.56. The summed E-state index contributed by atoms with van der Waals surface area (Å²) in [5.74, 6) is 1.36. The van der Waals surface area contributed by atoms with E-state index in [1.807, 2.05) is 36.9 Å². The van der Waals surface area contributed by atoms with Gasteiger partial charge in [0.25, 0.3) is 5.91 Å². The Morgan fingerprint density at radius 1 is 1.06 bits per heavy atom. The van der Waals surface area contributed by atoms with E-state index in [1.54, 1.807) is 11.3 Å². The number of carbonyl (C=O) groups excluding carboxylic acids is 1. The maximum absolute atomic E-state index is 13.2. The average molecular weight is 446 g/mol. The van der Waals surface area contributed by atoms with Crippen LogP contribution in [0.3, 0.4) is 0 Å². The van der Waals surface area contributed by atoms with Gasteiger partial charge in [-0.3, -0.25) is 9.69 Å². The second kappa shape index (κ2) is 10.5. The number of hydrogen-bond acceptors (Lipinski definition) is 6. The summed E-state index contributed by atoms with van der Waals surface area (Å²) in [5.41, 5.74) is 1.86. The molecular formula is C24H35N3O3S. The fourth-order valence-corrected chi connectivity index (χ4v) is 4.55. The lowest BCUT2D eigenvalue weighted by Crippen LogP contribution is -2.35. The van der Waals surface area contributed by atoms with Crippen LogP contribution in [0, 0.1) is 0 Å². The molecule has 3 rings (SSSR count). The van der Waals surface area contributed by atoms with Gasteiger partial charge in [-0.25, -0.2) is 4.98 Å². The second-order valence-corrected chi connectivity index (χ2v) is 9.70. The summed E-state index contributed by atoms with van der Waals surface area (Å²) in [4.78, 5) is 22.3. The van der Waals surface area contributed by atoms with Gasteiger partial charge in [-0.05, 0) is 38.5 Å². The van der Waals surface area contributed by atoms with Crippen LogP contribution in [0.1, 0.15) is 62.1 Å². The van der Waals surface area contributed by atoms with Crippen molar-refractivity contribution in [3.8, 4) is 11.5 Å². The number of thiazole rings is 1. The molecule has 1 fully saturated rings. The summed E-state index contributed by atoms with van der Waals surface area (Å²) < 4.78 is 11.3. The van der Waals surface area contributed by atoms with Crippen LogP contribution >= 0.6 is 11.3 Å². The van der Waals surface area contributed by atoms with E-state index in [1.165, 1.54) is 5.01 Å². The molecule has 6 nitrogen and oxygen atoms in total. The standard InChI is InChI=1S/C24H35N3O3S/c1-6-29-20-10-9-18(15-21(20)30-7-2)22(28)27-12-8-11-26(13-14-27)16-19-17-31-23(25-19)24(3,4)5/h9-10,15,17H,6-8,11-14,16H2,1-5H3. The molecule has 0 N–H and O–H groups in total.